The SMILES string of the molecule is CCN(C(=O)Nc1ccccc1OC)[C@@H]1CCN([C@@H](C)c2ccccc2)C1. The van der Waals surface area contributed by atoms with Crippen molar-refractivity contribution in [2.75, 3.05) is 32.1 Å². The van der Waals surface area contributed by atoms with Crippen molar-refractivity contribution >= 4 is 11.7 Å². The van der Waals surface area contributed by atoms with E-state index in [4.69, 9.17) is 4.74 Å². The first-order valence-corrected chi connectivity index (χ1v) is 9.63. The van der Waals surface area contributed by atoms with Gasteiger partial charge in [0.2, 0.25) is 0 Å². The summed E-state index contributed by atoms with van der Waals surface area (Å²) in [4.78, 5) is 17.3. The largest absolute Gasteiger partial charge is 0.495 e. The van der Waals surface area contributed by atoms with Crippen LogP contribution < -0.4 is 10.1 Å². The Kier molecular flexibility index (Phi) is 6.35. The van der Waals surface area contributed by atoms with Gasteiger partial charge in [-0.3, -0.25) is 4.90 Å². The fraction of sp³-hybridized carbons (Fsp3) is 0.409. The second kappa shape index (κ2) is 8.91. The van der Waals surface area contributed by atoms with Gasteiger partial charge in [-0.15, -0.1) is 0 Å². The number of hydrogen-bond acceptors (Lipinski definition) is 3. The average Bonchev–Trinajstić information content (AvgIpc) is 3.18. The zero-order chi connectivity index (χ0) is 19.2. The molecule has 0 aliphatic carbocycles. The molecule has 1 fully saturated rings. The van der Waals surface area contributed by atoms with Crippen LogP contribution in [0.5, 0.6) is 5.75 Å². The van der Waals surface area contributed by atoms with E-state index in [9.17, 15) is 4.79 Å². The number of carbonyl (C=O) groups is 1. The summed E-state index contributed by atoms with van der Waals surface area (Å²) < 4.78 is 5.34. The number of rotatable bonds is 6. The second-order valence-electron chi connectivity index (χ2n) is 6.94. The van der Waals surface area contributed by atoms with E-state index in [1.165, 1.54) is 5.56 Å². The number of methoxy groups -OCH3 is 1. The number of urea groups is 1. The maximum Gasteiger partial charge on any atom is 0.322 e. The number of likely N-dealkylation sites (tertiary alicyclic amines) is 1. The maximum absolute atomic E-state index is 12.9. The standard InChI is InChI=1S/C22H29N3O2/c1-4-25(22(26)23-20-12-8-9-13-21(20)27-3)19-14-15-24(16-19)17(2)18-10-6-5-7-11-18/h5-13,17,19H,4,14-16H2,1-3H3,(H,23,26)/t17-,19+/m0/s1. The van der Waals surface area contributed by atoms with Crippen LogP contribution in [0.4, 0.5) is 10.5 Å². The van der Waals surface area contributed by atoms with Crippen LogP contribution in [-0.2, 0) is 0 Å². The third-order valence-electron chi connectivity index (χ3n) is 5.42. The van der Waals surface area contributed by atoms with E-state index in [-0.39, 0.29) is 12.1 Å². The lowest BCUT2D eigenvalue weighted by molar-refractivity contribution is 0.183. The number of amides is 2. The van der Waals surface area contributed by atoms with Gasteiger partial charge in [-0.25, -0.2) is 4.79 Å². The Balaban J connectivity index is 1.65. The van der Waals surface area contributed by atoms with Gasteiger partial charge >= 0.3 is 6.03 Å². The zero-order valence-electron chi connectivity index (χ0n) is 16.4. The fourth-order valence-corrected chi connectivity index (χ4v) is 3.82. The number of hydrogen-bond donors (Lipinski definition) is 1. The number of anilines is 1. The van der Waals surface area contributed by atoms with Crippen molar-refractivity contribution in [1.29, 1.82) is 0 Å². The van der Waals surface area contributed by atoms with E-state index < -0.39 is 0 Å². The normalized spacial score (nSPS) is 18.1. The molecule has 0 aromatic heterocycles. The molecular weight excluding hydrogens is 338 g/mol. The monoisotopic (exact) mass is 367 g/mol. The van der Waals surface area contributed by atoms with Crippen LogP contribution in [0.3, 0.4) is 0 Å². The van der Waals surface area contributed by atoms with Crippen LogP contribution >= 0.6 is 0 Å². The minimum Gasteiger partial charge on any atom is -0.495 e. The van der Waals surface area contributed by atoms with Gasteiger partial charge in [0.1, 0.15) is 5.75 Å². The smallest absolute Gasteiger partial charge is 0.322 e. The Hall–Kier alpha value is -2.53. The maximum atomic E-state index is 12.9. The summed E-state index contributed by atoms with van der Waals surface area (Å²) in [6, 6.07) is 18.6. The number of carbonyl (C=O) groups excluding carboxylic acids is 1. The summed E-state index contributed by atoms with van der Waals surface area (Å²) in [5.74, 6) is 0.674. The Labute approximate surface area is 161 Å². The van der Waals surface area contributed by atoms with E-state index in [1.54, 1.807) is 7.11 Å². The lowest BCUT2D eigenvalue weighted by Crippen LogP contribution is -2.44. The first kappa shape index (κ1) is 19.2. The van der Waals surface area contributed by atoms with Crippen molar-refractivity contribution in [2.45, 2.75) is 32.4 Å². The van der Waals surface area contributed by atoms with E-state index >= 15 is 0 Å². The first-order valence-electron chi connectivity index (χ1n) is 9.63. The summed E-state index contributed by atoms with van der Waals surface area (Å²) in [6.07, 6.45) is 0.990. The molecule has 0 saturated carbocycles. The van der Waals surface area contributed by atoms with Crippen molar-refractivity contribution in [3.8, 4) is 5.75 Å². The number of ether oxygens (including phenoxy) is 1. The molecule has 2 aromatic carbocycles. The topological polar surface area (TPSA) is 44.8 Å². The van der Waals surface area contributed by atoms with Gasteiger partial charge in [0.05, 0.1) is 12.8 Å². The molecule has 0 spiro atoms. The number of nitrogens with zero attached hydrogens (tertiary/aromatic N) is 2. The lowest BCUT2D eigenvalue weighted by Gasteiger charge is -2.30. The Bertz CT molecular complexity index is 750. The molecule has 5 nitrogen and oxygen atoms in total. The molecule has 2 amide bonds. The van der Waals surface area contributed by atoms with Crippen molar-refractivity contribution in [3.05, 3.63) is 60.2 Å². The van der Waals surface area contributed by atoms with Crippen LogP contribution in [-0.4, -0.2) is 48.6 Å². The van der Waals surface area contributed by atoms with E-state index in [0.717, 1.165) is 19.5 Å². The van der Waals surface area contributed by atoms with Crippen molar-refractivity contribution < 1.29 is 9.53 Å². The molecule has 3 rings (SSSR count). The number of benzene rings is 2. The average molecular weight is 367 g/mol. The third-order valence-corrected chi connectivity index (χ3v) is 5.42. The predicted octanol–water partition coefficient (Wildman–Crippen LogP) is 4.38. The molecule has 1 aliphatic rings. The molecule has 0 radical (unpaired) electrons. The van der Waals surface area contributed by atoms with Crippen LogP contribution in [0.15, 0.2) is 54.6 Å². The first-order chi connectivity index (χ1) is 13.1. The number of likely N-dealkylation sites (N-methyl/N-ethyl adjacent to an activating group) is 1. The lowest BCUT2D eigenvalue weighted by atomic mass is 10.1. The minimum atomic E-state index is -0.0683. The van der Waals surface area contributed by atoms with Crippen LogP contribution in [0.2, 0.25) is 0 Å². The Morgan fingerprint density at radius 1 is 1.22 bits per heavy atom. The quantitative estimate of drug-likeness (QED) is 0.824. The molecule has 2 atom stereocenters. The van der Waals surface area contributed by atoms with Gasteiger partial charge in [-0.1, -0.05) is 42.5 Å². The molecule has 27 heavy (non-hydrogen) atoms. The van der Waals surface area contributed by atoms with E-state index in [0.29, 0.717) is 24.0 Å². The summed E-state index contributed by atoms with van der Waals surface area (Å²) in [5, 5.41) is 3.01. The summed E-state index contributed by atoms with van der Waals surface area (Å²) in [7, 11) is 1.61. The van der Waals surface area contributed by atoms with E-state index in [2.05, 4.69) is 41.4 Å². The number of nitrogens with one attached hydrogen (secondary N) is 1. The molecule has 1 saturated heterocycles. The second-order valence-corrected chi connectivity index (χ2v) is 6.94. The summed E-state index contributed by atoms with van der Waals surface area (Å²) in [5.41, 5.74) is 2.02. The van der Waals surface area contributed by atoms with Gasteiger partial charge in [0.15, 0.2) is 0 Å². The van der Waals surface area contributed by atoms with Gasteiger partial charge < -0.3 is 15.0 Å². The van der Waals surface area contributed by atoms with E-state index in [1.807, 2.05) is 42.2 Å². The fourth-order valence-electron chi connectivity index (χ4n) is 3.82. The molecule has 5 heteroatoms. The molecule has 0 bridgehead atoms. The molecule has 0 unspecified atom stereocenters. The molecule has 1 aliphatic heterocycles. The minimum absolute atomic E-state index is 0.0683. The molecule has 144 valence electrons. The van der Waals surface area contributed by atoms with Gasteiger partial charge in [0.25, 0.3) is 0 Å². The van der Waals surface area contributed by atoms with Crippen molar-refractivity contribution in [1.82, 2.24) is 9.80 Å². The Morgan fingerprint density at radius 2 is 1.93 bits per heavy atom. The highest BCUT2D eigenvalue weighted by Gasteiger charge is 2.32. The van der Waals surface area contributed by atoms with Crippen molar-refractivity contribution in [3.63, 3.8) is 0 Å². The highest BCUT2D eigenvalue weighted by Crippen LogP contribution is 2.28. The highest BCUT2D eigenvalue weighted by atomic mass is 16.5. The molecule has 1 heterocycles. The Morgan fingerprint density at radius 3 is 2.63 bits per heavy atom. The zero-order valence-corrected chi connectivity index (χ0v) is 16.4. The van der Waals surface area contributed by atoms with Gasteiger partial charge in [-0.05, 0) is 38.0 Å². The van der Waals surface area contributed by atoms with Crippen LogP contribution in [0.25, 0.3) is 0 Å². The molecule has 2 aromatic rings. The number of para-hydroxylation sites is 2. The van der Waals surface area contributed by atoms with Crippen molar-refractivity contribution in [2.24, 2.45) is 0 Å². The molecule has 1 N–H and O–H groups in total. The third kappa shape index (κ3) is 4.42. The van der Waals surface area contributed by atoms with Crippen LogP contribution in [0, 0.1) is 0 Å². The predicted molar refractivity (Wildman–Crippen MR) is 109 cm³/mol. The summed E-state index contributed by atoms with van der Waals surface area (Å²) >= 11 is 0. The van der Waals surface area contributed by atoms with Crippen LogP contribution in [0.1, 0.15) is 31.9 Å². The highest BCUT2D eigenvalue weighted by molar-refractivity contribution is 5.91. The molecular formula is C22H29N3O2. The van der Waals surface area contributed by atoms with Gasteiger partial charge in [0, 0.05) is 31.7 Å². The summed E-state index contributed by atoms with van der Waals surface area (Å²) in [6.45, 7) is 6.84. The van der Waals surface area contributed by atoms with Gasteiger partial charge in [-0.2, -0.15) is 0 Å².